The molecule has 0 aliphatic heterocycles. The molecule has 0 rings (SSSR count). The van der Waals surface area contributed by atoms with Crippen LogP contribution >= 0.6 is 0 Å². The maximum atomic E-state index is 12.3. The lowest BCUT2D eigenvalue weighted by Gasteiger charge is -2.28. The number of ether oxygens (including phenoxy) is 3. The molecule has 0 atom stereocenters. The molecule has 0 aliphatic carbocycles. The van der Waals surface area contributed by atoms with Crippen LogP contribution < -0.4 is 0 Å². The van der Waals surface area contributed by atoms with Crippen LogP contribution in [0.15, 0.2) is 0 Å². The number of hydrogen-bond acceptors (Lipinski definition) is 3. The van der Waals surface area contributed by atoms with E-state index in [0.717, 1.165) is 0 Å². The van der Waals surface area contributed by atoms with Gasteiger partial charge in [-0.3, -0.25) is 4.74 Å². The van der Waals surface area contributed by atoms with Gasteiger partial charge < -0.3 is 0 Å². The molecule has 0 aromatic heterocycles. The zero-order chi connectivity index (χ0) is 14.8. The van der Waals surface area contributed by atoms with E-state index in [2.05, 4.69) is 4.74 Å². The summed E-state index contributed by atoms with van der Waals surface area (Å²) in [5.41, 5.74) is 0. The van der Waals surface area contributed by atoms with Crippen molar-refractivity contribution in [2.45, 2.75) is 24.9 Å². The van der Waals surface area contributed by atoms with Crippen molar-refractivity contribution >= 4 is 0 Å². The molecule has 13 heteroatoms. The van der Waals surface area contributed by atoms with E-state index in [9.17, 15) is 43.9 Å². The summed E-state index contributed by atoms with van der Waals surface area (Å²) in [4.78, 5) is 0. The van der Waals surface area contributed by atoms with E-state index in [4.69, 9.17) is 0 Å². The lowest BCUT2D eigenvalue weighted by Crippen LogP contribution is -2.51. The summed E-state index contributed by atoms with van der Waals surface area (Å²) in [6.45, 7) is -2.42. The van der Waals surface area contributed by atoms with Gasteiger partial charge in [-0.1, -0.05) is 0 Å². The number of alkyl halides is 10. The van der Waals surface area contributed by atoms with Gasteiger partial charge >= 0.3 is 24.9 Å². The average Bonchev–Trinajstić information content (AvgIpc) is 1.94. The molecule has 0 saturated heterocycles. The molecule has 3 nitrogen and oxygen atoms in total. The van der Waals surface area contributed by atoms with Crippen molar-refractivity contribution in [3.8, 4) is 0 Å². The molecule has 0 bridgehead atoms. The molecule has 18 heavy (non-hydrogen) atoms. The van der Waals surface area contributed by atoms with Crippen LogP contribution in [0.25, 0.3) is 0 Å². The van der Waals surface area contributed by atoms with Gasteiger partial charge in [-0.25, -0.2) is 13.9 Å². The summed E-state index contributed by atoms with van der Waals surface area (Å²) in [6, 6.07) is 0. The van der Waals surface area contributed by atoms with Crippen molar-refractivity contribution in [2.24, 2.45) is 0 Å². The Kier molecular flexibility index (Phi) is 4.82. The summed E-state index contributed by atoms with van der Waals surface area (Å²) in [5.74, 6) is 0. The van der Waals surface area contributed by atoms with Crippen LogP contribution in [-0.2, 0) is 14.2 Å². The van der Waals surface area contributed by atoms with Gasteiger partial charge in [0.15, 0.2) is 6.86 Å². The fraction of sp³-hybridized carbons (Fsp3) is 1.00. The highest BCUT2D eigenvalue weighted by atomic mass is 19.4. The smallest absolute Gasteiger partial charge is 0.264 e. The van der Waals surface area contributed by atoms with E-state index >= 15 is 0 Å². The average molecular weight is 300 g/mol. The van der Waals surface area contributed by atoms with Gasteiger partial charge in [-0.15, -0.1) is 22.0 Å². The monoisotopic (exact) mass is 300 g/mol. The highest BCUT2D eigenvalue weighted by Gasteiger charge is 2.68. The van der Waals surface area contributed by atoms with Crippen molar-refractivity contribution in [3.05, 3.63) is 0 Å². The van der Waals surface area contributed by atoms with Crippen molar-refractivity contribution in [2.75, 3.05) is 6.86 Å². The first kappa shape index (κ1) is 17.2. The molecule has 0 radical (unpaired) electrons. The molecule has 0 aromatic rings. The first-order chi connectivity index (χ1) is 7.72. The second kappa shape index (κ2) is 5.05. The van der Waals surface area contributed by atoms with E-state index in [0.29, 0.717) is 0 Å². The second-order valence-corrected chi connectivity index (χ2v) is 2.40. The third kappa shape index (κ3) is 5.22. The van der Waals surface area contributed by atoms with Crippen molar-refractivity contribution < 1.29 is 58.1 Å². The minimum absolute atomic E-state index is 1.62. The minimum Gasteiger partial charge on any atom is -0.264 e. The van der Waals surface area contributed by atoms with Gasteiger partial charge in [0.2, 0.25) is 0 Å². The largest absolute Gasteiger partial charge is 0.527 e. The van der Waals surface area contributed by atoms with Crippen LogP contribution in [-0.4, -0.2) is 31.7 Å². The molecule has 0 unspecified atom stereocenters. The summed E-state index contributed by atoms with van der Waals surface area (Å²) < 4.78 is 124. The number of hydrogen-bond donors (Lipinski definition) is 0. The zero-order valence-corrected chi connectivity index (χ0v) is 7.71. The highest BCUT2D eigenvalue weighted by molar-refractivity contribution is 4.68. The predicted molar refractivity (Wildman–Crippen MR) is 30.1 cm³/mol. The summed E-state index contributed by atoms with van der Waals surface area (Å²) in [6.07, 6.45) is -24.8. The molecular weight excluding hydrogens is 298 g/mol. The van der Waals surface area contributed by atoms with Crippen LogP contribution in [0.5, 0.6) is 0 Å². The van der Waals surface area contributed by atoms with Gasteiger partial charge in [0.25, 0.3) is 0 Å². The first-order valence-corrected chi connectivity index (χ1v) is 3.53. The van der Waals surface area contributed by atoms with E-state index in [1.54, 1.807) is 4.74 Å². The Morgan fingerprint density at radius 1 is 0.667 bits per heavy atom. The summed E-state index contributed by atoms with van der Waals surface area (Å²) >= 11 is 0. The molecule has 0 aliphatic rings. The molecule has 0 saturated carbocycles. The third-order valence-corrected chi connectivity index (χ3v) is 1.05. The SMILES string of the molecule is FCOC(F)(F)OC(F)(F)C(F)(F)OC(F)(F)F. The van der Waals surface area contributed by atoms with E-state index < -0.39 is 31.7 Å². The van der Waals surface area contributed by atoms with E-state index in [-0.39, 0.29) is 0 Å². The Hall–Kier alpha value is -0.820. The Balaban J connectivity index is 4.90. The van der Waals surface area contributed by atoms with Gasteiger partial charge in [-0.05, 0) is 0 Å². The van der Waals surface area contributed by atoms with Crippen molar-refractivity contribution in [1.82, 2.24) is 0 Å². The molecule has 0 aromatic carbocycles. The van der Waals surface area contributed by atoms with Gasteiger partial charge in [0.1, 0.15) is 0 Å². The third-order valence-electron chi connectivity index (χ3n) is 1.05. The summed E-state index contributed by atoms with van der Waals surface area (Å²) in [5, 5.41) is 0. The number of halogens is 10. The van der Waals surface area contributed by atoms with Gasteiger partial charge in [0.05, 0.1) is 0 Å². The van der Waals surface area contributed by atoms with Crippen LogP contribution in [0.1, 0.15) is 0 Å². The topological polar surface area (TPSA) is 27.7 Å². The quantitative estimate of drug-likeness (QED) is 0.557. The van der Waals surface area contributed by atoms with E-state index in [1.165, 1.54) is 0 Å². The van der Waals surface area contributed by atoms with Crippen molar-refractivity contribution in [3.63, 3.8) is 0 Å². The number of rotatable bonds is 6. The Morgan fingerprint density at radius 3 is 1.39 bits per heavy atom. The maximum absolute atomic E-state index is 12.3. The Morgan fingerprint density at radius 2 is 1.06 bits per heavy atom. The molecular formula is C5H2F10O3. The zero-order valence-electron chi connectivity index (χ0n) is 7.71. The van der Waals surface area contributed by atoms with Crippen LogP contribution in [0.3, 0.4) is 0 Å². The maximum Gasteiger partial charge on any atom is 0.527 e. The molecule has 0 N–H and O–H groups in total. The molecule has 0 spiro atoms. The van der Waals surface area contributed by atoms with Crippen LogP contribution in [0.4, 0.5) is 43.9 Å². The van der Waals surface area contributed by atoms with Gasteiger partial charge in [0, 0.05) is 0 Å². The predicted octanol–water partition coefficient (Wildman–Crippen LogP) is 3.22. The molecule has 0 amide bonds. The normalized spacial score (nSPS) is 15.0. The van der Waals surface area contributed by atoms with Crippen molar-refractivity contribution in [1.29, 1.82) is 0 Å². The summed E-state index contributed by atoms with van der Waals surface area (Å²) in [7, 11) is 0. The highest BCUT2D eigenvalue weighted by Crippen LogP contribution is 2.43. The second-order valence-electron chi connectivity index (χ2n) is 2.40. The molecule has 110 valence electrons. The van der Waals surface area contributed by atoms with Crippen LogP contribution in [0.2, 0.25) is 0 Å². The van der Waals surface area contributed by atoms with Crippen LogP contribution in [0, 0.1) is 0 Å². The Labute approximate surface area is 91.2 Å². The van der Waals surface area contributed by atoms with E-state index in [1.807, 2.05) is 4.74 Å². The lowest BCUT2D eigenvalue weighted by molar-refractivity contribution is -0.556. The fourth-order valence-corrected chi connectivity index (χ4v) is 0.506. The lowest BCUT2D eigenvalue weighted by atomic mass is 10.6. The standard InChI is InChI=1S/C5H2F10O3/c6-1-16-5(14,15)18-3(9,10)2(7,8)17-4(11,12)13/h1H2. The first-order valence-electron chi connectivity index (χ1n) is 3.53. The minimum atomic E-state index is -6.48. The molecule has 0 fully saturated rings. The molecule has 0 heterocycles. The Bertz CT molecular complexity index is 273. The van der Waals surface area contributed by atoms with Gasteiger partial charge in [-0.2, -0.15) is 17.6 Å². The fourth-order valence-electron chi connectivity index (χ4n) is 0.506.